The van der Waals surface area contributed by atoms with Crippen LogP contribution in [0.5, 0.6) is 0 Å². The number of rotatable bonds is 4. The minimum Gasteiger partial charge on any atom is -0.326 e. The second-order valence-corrected chi connectivity index (χ2v) is 8.36. The van der Waals surface area contributed by atoms with Crippen molar-refractivity contribution in [1.29, 1.82) is 0 Å². The summed E-state index contributed by atoms with van der Waals surface area (Å²) in [5, 5.41) is 6.01. The SMILES string of the molecule is O=C(CCN1CCNCC1)Nc1cc(C(F)(F)F)cc2c1Cc1ccccc1S2. The Hall–Kier alpha value is -2.03. The van der Waals surface area contributed by atoms with E-state index in [1.54, 1.807) is 0 Å². The van der Waals surface area contributed by atoms with E-state index in [0.29, 0.717) is 17.9 Å². The molecule has 0 unspecified atom stereocenters. The van der Waals surface area contributed by atoms with E-state index < -0.39 is 11.7 Å². The number of halogens is 3. The van der Waals surface area contributed by atoms with E-state index in [4.69, 9.17) is 0 Å². The number of carbonyl (C=O) groups excluding carboxylic acids is 1. The van der Waals surface area contributed by atoms with Gasteiger partial charge in [-0.1, -0.05) is 30.0 Å². The van der Waals surface area contributed by atoms with Crippen molar-refractivity contribution in [1.82, 2.24) is 10.2 Å². The van der Waals surface area contributed by atoms with Crippen LogP contribution in [0.1, 0.15) is 23.1 Å². The Balaban J connectivity index is 1.56. The van der Waals surface area contributed by atoms with Gasteiger partial charge in [0.2, 0.25) is 5.91 Å². The minimum atomic E-state index is -4.47. The lowest BCUT2D eigenvalue weighted by Gasteiger charge is -2.27. The summed E-state index contributed by atoms with van der Waals surface area (Å²) < 4.78 is 40.3. The highest BCUT2D eigenvalue weighted by molar-refractivity contribution is 7.99. The van der Waals surface area contributed by atoms with Crippen molar-refractivity contribution < 1.29 is 18.0 Å². The molecule has 2 heterocycles. The minimum absolute atomic E-state index is 0.256. The molecule has 0 bridgehead atoms. The maximum absolute atomic E-state index is 13.4. The van der Waals surface area contributed by atoms with Gasteiger partial charge >= 0.3 is 6.18 Å². The lowest BCUT2D eigenvalue weighted by Crippen LogP contribution is -2.44. The molecule has 2 aromatic rings. The number of nitrogens with zero attached hydrogens (tertiary/aromatic N) is 1. The first kappa shape index (κ1) is 20.3. The van der Waals surface area contributed by atoms with Crippen LogP contribution in [-0.2, 0) is 17.4 Å². The number of alkyl halides is 3. The van der Waals surface area contributed by atoms with Gasteiger partial charge < -0.3 is 15.5 Å². The summed E-state index contributed by atoms with van der Waals surface area (Å²) in [5.74, 6) is -0.256. The summed E-state index contributed by atoms with van der Waals surface area (Å²) >= 11 is 1.32. The maximum atomic E-state index is 13.4. The van der Waals surface area contributed by atoms with Crippen molar-refractivity contribution in [3.05, 3.63) is 53.1 Å². The van der Waals surface area contributed by atoms with E-state index in [9.17, 15) is 18.0 Å². The largest absolute Gasteiger partial charge is 0.416 e. The van der Waals surface area contributed by atoms with Gasteiger partial charge in [-0.15, -0.1) is 0 Å². The highest BCUT2D eigenvalue weighted by Crippen LogP contribution is 2.45. The van der Waals surface area contributed by atoms with Crippen LogP contribution in [0.3, 0.4) is 0 Å². The number of hydrogen-bond donors (Lipinski definition) is 2. The van der Waals surface area contributed by atoms with E-state index in [0.717, 1.165) is 48.3 Å². The Morgan fingerprint density at radius 3 is 2.66 bits per heavy atom. The third-order valence-electron chi connectivity index (χ3n) is 5.23. The number of nitrogens with one attached hydrogen (secondary N) is 2. The lowest BCUT2D eigenvalue weighted by molar-refractivity contribution is -0.137. The molecule has 4 rings (SSSR count). The van der Waals surface area contributed by atoms with E-state index in [-0.39, 0.29) is 18.0 Å². The first-order valence-corrected chi connectivity index (χ1v) is 10.4. The monoisotopic (exact) mass is 421 g/mol. The van der Waals surface area contributed by atoms with Gasteiger partial charge in [0.15, 0.2) is 0 Å². The summed E-state index contributed by atoms with van der Waals surface area (Å²) in [6, 6.07) is 9.93. The van der Waals surface area contributed by atoms with Gasteiger partial charge in [-0.3, -0.25) is 4.79 Å². The van der Waals surface area contributed by atoms with Crippen molar-refractivity contribution >= 4 is 23.4 Å². The van der Waals surface area contributed by atoms with Gasteiger partial charge in [0.05, 0.1) is 5.56 Å². The maximum Gasteiger partial charge on any atom is 0.416 e. The zero-order valence-electron chi connectivity index (χ0n) is 15.8. The number of carbonyl (C=O) groups is 1. The molecular formula is C21H22F3N3OS. The van der Waals surface area contributed by atoms with Crippen molar-refractivity contribution in [2.24, 2.45) is 0 Å². The molecule has 0 aliphatic carbocycles. The highest BCUT2D eigenvalue weighted by atomic mass is 32.2. The van der Waals surface area contributed by atoms with Crippen LogP contribution >= 0.6 is 11.8 Å². The molecule has 0 atom stereocenters. The van der Waals surface area contributed by atoms with E-state index in [2.05, 4.69) is 15.5 Å². The van der Waals surface area contributed by atoms with Crippen LogP contribution in [0.15, 0.2) is 46.2 Å². The number of hydrogen-bond acceptors (Lipinski definition) is 4. The van der Waals surface area contributed by atoms with Gasteiger partial charge in [-0.25, -0.2) is 0 Å². The number of anilines is 1. The van der Waals surface area contributed by atoms with Crippen LogP contribution in [0.2, 0.25) is 0 Å². The third kappa shape index (κ3) is 4.76. The molecule has 8 heteroatoms. The molecule has 1 fully saturated rings. The van der Waals surface area contributed by atoms with Crippen LogP contribution in [0.4, 0.5) is 18.9 Å². The summed E-state index contributed by atoms with van der Waals surface area (Å²) in [6.45, 7) is 4.13. The van der Waals surface area contributed by atoms with Crippen LogP contribution in [0, 0.1) is 0 Å². The lowest BCUT2D eigenvalue weighted by atomic mass is 10.00. The fourth-order valence-electron chi connectivity index (χ4n) is 3.66. The molecule has 4 nitrogen and oxygen atoms in total. The molecule has 0 radical (unpaired) electrons. The molecule has 2 aromatic carbocycles. The predicted octanol–water partition coefficient (Wildman–Crippen LogP) is 3.99. The fourth-order valence-corrected chi connectivity index (χ4v) is 4.81. The summed E-state index contributed by atoms with van der Waals surface area (Å²) in [4.78, 5) is 16.2. The van der Waals surface area contributed by atoms with Crippen LogP contribution < -0.4 is 10.6 Å². The Morgan fingerprint density at radius 1 is 1.14 bits per heavy atom. The Morgan fingerprint density at radius 2 is 1.90 bits per heavy atom. The van der Waals surface area contributed by atoms with Gasteiger partial charge in [0, 0.05) is 61.0 Å². The molecule has 154 valence electrons. The average molecular weight is 421 g/mol. The number of amides is 1. The average Bonchev–Trinajstić information content (AvgIpc) is 2.71. The summed E-state index contributed by atoms with van der Waals surface area (Å²) in [5.41, 5.74) is 1.33. The highest BCUT2D eigenvalue weighted by Gasteiger charge is 2.33. The third-order valence-corrected chi connectivity index (χ3v) is 6.44. The molecule has 2 aliphatic heterocycles. The second kappa shape index (κ2) is 8.38. The molecule has 1 amide bonds. The Bertz CT molecular complexity index is 911. The van der Waals surface area contributed by atoms with Crippen molar-refractivity contribution in [2.75, 3.05) is 38.0 Å². The molecule has 0 saturated carbocycles. The fraction of sp³-hybridized carbons (Fsp3) is 0.381. The standard InChI is InChI=1S/C21H22F3N3OS/c22-21(23,24)15-12-17(26-20(28)5-8-27-9-6-25-7-10-27)16-11-14-3-1-2-4-18(14)29-19(16)13-15/h1-4,12-13,25H,5-11H2,(H,26,28). The topological polar surface area (TPSA) is 44.4 Å². The first-order valence-electron chi connectivity index (χ1n) is 9.63. The first-order chi connectivity index (χ1) is 13.9. The van der Waals surface area contributed by atoms with Crippen LogP contribution in [0.25, 0.3) is 0 Å². The molecular weight excluding hydrogens is 399 g/mol. The molecule has 1 saturated heterocycles. The molecule has 0 aromatic heterocycles. The van der Waals surface area contributed by atoms with E-state index in [1.165, 1.54) is 17.8 Å². The number of fused-ring (bicyclic) bond motifs is 2. The van der Waals surface area contributed by atoms with Crippen LogP contribution in [-0.4, -0.2) is 43.5 Å². The van der Waals surface area contributed by atoms with Gasteiger partial charge in [-0.2, -0.15) is 13.2 Å². The van der Waals surface area contributed by atoms with Gasteiger partial charge in [-0.05, 0) is 29.3 Å². The molecule has 2 aliphatic rings. The number of piperazine rings is 1. The van der Waals surface area contributed by atoms with Gasteiger partial charge in [0.25, 0.3) is 0 Å². The van der Waals surface area contributed by atoms with Crippen molar-refractivity contribution in [3.8, 4) is 0 Å². The quantitative estimate of drug-likeness (QED) is 0.669. The molecule has 2 N–H and O–H groups in total. The Labute approximate surface area is 171 Å². The Kier molecular flexibility index (Phi) is 5.85. The second-order valence-electron chi connectivity index (χ2n) is 7.27. The number of benzene rings is 2. The zero-order valence-corrected chi connectivity index (χ0v) is 16.6. The predicted molar refractivity (Wildman–Crippen MR) is 107 cm³/mol. The zero-order chi connectivity index (χ0) is 20.4. The summed E-state index contributed by atoms with van der Waals surface area (Å²) in [7, 11) is 0. The van der Waals surface area contributed by atoms with E-state index >= 15 is 0 Å². The molecule has 29 heavy (non-hydrogen) atoms. The van der Waals surface area contributed by atoms with Crippen molar-refractivity contribution in [3.63, 3.8) is 0 Å². The normalized spacial score (nSPS) is 16.8. The van der Waals surface area contributed by atoms with Gasteiger partial charge in [0.1, 0.15) is 0 Å². The van der Waals surface area contributed by atoms with E-state index in [1.807, 2.05) is 24.3 Å². The van der Waals surface area contributed by atoms with Crippen molar-refractivity contribution in [2.45, 2.75) is 28.8 Å². The summed E-state index contributed by atoms with van der Waals surface area (Å²) in [6.07, 6.45) is -3.70. The smallest absolute Gasteiger partial charge is 0.326 e. The molecule has 0 spiro atoms.